The van der Waals surface area contributed by atoms with Crippen LogP contribution in [0.15, 0.2) is 77.6 Å². The fourth-order valence-electron chi connectivity index (χ4n) is 2.28. The summed E-state index contributed by atoms with van der Waals surface area (Å²) in [4.78, 5) is 4.51. The highest BCUT2D eigenvalue weighted by molar-refractivity contribution is 9.10. The number of aromatic nitrogens is 1. The van der Waals surface area contributed by atoms with Crippen LogP contribution in [-0.2, 0) is 5.54 Å². The topological polar surface area (TPSA) is 24.9 Å². The molecule has 0 fully saturated rings. The van der Waals surface area contributed by atoms with Gasteiger partial charge in [-0.3, -0.25) is 4.98 Å². The molecule has 0 saturated heterocycles. The van der Waals surface area contributed by atoms with Crippen LogP contribution in [0.3, 0.4) is 0 Å². The zero-order chi connectivity index (χ0) is 13.1. The van der Waals surface area contributed by atoms with Gasteiger partial charge in [0.05, 0.1) is 5.69 Å². The third-order valence-electron chi connectivity index (χ3n) is 3.23. The quantitative estimate of drug-likeness (QED) is 0.913. The predicted octanol–water partition coefficient (Wildman–Crippen LogP) is 3.76. The summed E-state index contributed by atoms with van der Waals surface area (Å²) in [5.74, 6) is 0. The molecule has 1 aromatic heterocycles. The molecule has 94 valence electrons. The van der Waals surface area contributed by atoms with Crippen molar-refractivity contribution in [2.75, 3.05) is 0 Å². The van der Waals surface area contributed by atoms with Crippen LogP contribution < -0.4 is 5.32 Å². The zero-order valence-corrected chi connectivity index (χ0v) is 11.8. The van der Waals surface area contributed by atoms with Crippen LogP contribution in [0.1, 0.15) is 11.3 Å². The van der Waals surface area contributed by atoms with Crippen molar-refractivity contribution < 1.29 is 0 Å². The summed E-state index contributed by atoms with van der Waals surface area (Å²) >= 11 is 3.48. The molecular formula is C16H13BrN2. The van der Waals surface area contributed by atoms with E-state index in [-0.39, 0.29) is 0 Å². The molecular weight excluding hydrogens is 300 g/mol. The normalized spacial score (nSPS) is 21.1. The van der Waals surface area contributed by atoms with Gasteiger partial charge in [-0.15, -0.1) is 0 Å². The van der Waals surface area contributed by atoms with E-state index < -0.39 is 5.54 Å². The lowest BCUT2D eigenvalue weighted by molar-refractivity contribution is 0.549. The van der Waals surface area contributed by atoms with Crippen molar-refractivity contribution in [3.8, 4) is 0 Å². The van der Waals surface area contributed by atoms with Gasteiger partial charge in [0.1, 0.15) is 5.54 Å². The van der Waals surface area contributed by atoms with Crippen LogP contribution in [0.25, 0.3) is 0 Å². The summed E-state index contributed by atoms with van der Waals surface area (Å²) in [6.45, 7) is 0. The summed E-state index contributed by atoms with van der Waals surface area (Å²) in [6.07, 6.45) is 9.95. The SMILES string of the molecule is Brc1ccc(C2(c3ccccn3)C=CC=CN2)cc1. The fraction of sp³-hybridized carbons (Fsp3) is 0.0625. The van der Waals surface area contributed by atoms with Crippen molar-refractivity contribution in [1.29, 1.82) is 0 Å². The molecule has 2 aromatic rings. The van der Waals surface area contributed by atoms with Crippen molar-refractivity contribution in [3.05, 3.63) is 88.8 Å². The van der Waals surface area contributed by atoms with Gasteiger partial charge in [-0.25, -0.2) is 0 Å². The molecule has 2 heterocycles. The fourth-order valence-corrected chi connectivity index (χ4v) is 2.54. The molecule has 2 nitrogen and oxygen atoms in total. The lowest BCUT2D eigenvalue weighted by atomic mass is 9.84. The number of benzene rings is 1. The highest BCUT2D eigenvalue weighted by Gasteiger charge is 2.32. The van der Waals surface area contributed by atoms with Crippen LogP contribution in [0.2, 0.25) is 0 Å². The van der Waals surface area contributed by atoms with Gasteiger partial charge in [-0.1, -0.05) is 40.2 Å². The van der Waals surface area contributed by atoms with E-state index in [0.717, 1.165) is 15.7 Å². The van der Waals surface area contributed by atoms with Gasteiger partial charge in [0.2, 0.25) is 0 Å². The van der Waals surface area contributed by atoms with Crippen molar-refractivity contribution in [3.63, 3.8) is 0 Å². The Kier molecular flexibility index (Phi) is 3.22. The summed E-state index contributed by atoms with van der Waals surface area (Å²) in [5.41, 5.74) is 1.75. The average molecular weight is 313 g/mol. The van der Waals surface area contributed by atoms with E-state index in [2.05, 4.69) is 44.4 Å². The van der Waals surface area contributed by atoms with Gasteiger partial charge in [-0.2, -0.15) is 0 Å². The minimum atomic E-state index is -0.392. The van der Waals surface area contributed by atoms with E-state index in [0.29, 0.717) is 0 Å². The Morgan fingerprint density at radius 1 is 1.00 bits per heavy atom. The number of dihydropyridines is 1. The van der Waals surface area contributed by atoms with Gasteiger partial charge in [0.25, 0.3) is 0 Å². The third kappa shape index (κ3) is 2.22. The zero-order valence-electron chi connectivity index (χ0n) is 10.3. The Hall–Kier alpha value is -1.87. The molecule has 0 saturated carbocycles. The van der Waals surface area contributed by atoms with Crippen molar-refractivity contribution in [2.45, 2.75) is 5.54 Å². The number of rotatable bonds is 2. The van der Waals surface area contributed by atoms with Gasteiger partial charge in [0.15, 0.2) is 0 Å². The number of nitrogens with one attached hydrogen (secondary N) is 1. The second-order valence-electron chi connectivity index (χ2n) is 4.39. The van der Waals surface area contributed by atoms with Crippen molar-refractivity contribution >= 4 is 15.9 Å². The molecule has 1 atom stereocenters. The molecule has 0 amide bonds. The van der Waals surface area contributed by atoms with Gasteiger partial charge >= 0.3 is 0 Å². The number of pyridine rings is 1. The molecule has 3 rings (SSSR count). The van der Waals surface area contributed by atoms with E-state index in [4.69, 9.17) is 0 Å². The summed E-state index contributed by atoms with van der Waals surface area (Å²) < 4.78 is 1.07. The van der Waals surface area contributed by atoms with Crippen LogP contribution in [0.4, 0.5) is 0 Å². The van der Waals surface area contributed by atoms with Crippen LogP contribution >= 0.6 is 15.9 Å². The number of allylic oxidation sites excluding steroid dienone is 2. The molecule has 1 unspecified atom stereocenters. The molecule has 0 bridgehead atoms. The van der Waals surface area contributed by atoms with E-state index >= 15 is 0 Å². The molecule has 0 spiro atoms. The lowest BCUT2D eigenvalue weighted by Gasteiger charge is -2.33. The first-order valence-electron chi connectivity index (χ1n) is 6.11. The number of hydrogen-bond donors (Lipinski definition) is 1. The molecule has 19 heavy (non-hydrogen) atoms. The van der Waals surface area contributed by atoms with Crippen LogP contribution in [0.5, 0.6) is 0 Å². The summed E-state index contributed by atoms with van der Waals surface area (Å²) in [6, 6.07) is 14.3. The van der Waals surface area contributed by atoms with E-state index in [1.807, 2.05) is 54.9 Å². The molecule has 1 aliphatic rings. The van der Waals surface area contributed by atoms with E-state index in [9.17, 15) is 0 Å². The van der Waals surface area contributed by atoms with Crippen molar-refractivity contribution in [2.24, 2.45) is 0 Å². The van der Waals surface area contributed by atoms with Crippen LogP contribution in [-0.4, -0.2) is 4.98 Å². The third-order valence-corrected chi connectivity index (χ3v) is 3.76. The molecule has 0 radical (unpaired) electrons. The van der Waals surface area contributed by atoms with Crippen LogP contribution in [0, 0.1) is 0 Å². The Bertz CT molecular complexity index is 617. The maximum atomic E-state index is 4.51. The highest BCUT2D eigenvalue weighted by atomic mass is 79.9. The lowest BCUT2D eigenvalue weighted by Crippen LogP contribution is -2.40. The Labute approximate surface area is 121 Å². The average Bonchev–Trinajstić information content (AvgIpc) is 2.49. The number of nitrogens with zero attached hydrogens (tertiary/aromatic N) is 1. The Balaban J connectivity index is 2.15. The number of halogens is 1. The van der Waals surface area contributed by atoms with Gasteiger partial charge in [-0.05, 0) is 48.2 Å². The maximum absolute atomic E-state index is 4.51. The minimum absolute atomic E-state index is 0.392. The van der Waals surface area contributed by atoms with Gasteiger partial charge < -0.3 is 5.32 Å². The van der Waals surface area contributed by atoms with E-state index in [1.54, 1.807) is 0 Å². The molecule has 0 aliphatic carbocycles. The molecule has 3 heteroatoms. The Morgan fingerprint density at radius 3 is 2.47 bits per heavy atom. The molecule has 1 N–H and O–H groups in total. The van der Waals surface area contributed by atoms with E-state index in [1.165, 1.54) is 0 Å². The molecule has 1 aliphatic heterocycles. The smallest absolute Gasteiger partial charge is 0.124 e. The first kappa shape index (κ1) is 12.2. The maximum Gasteiger partial charge on any atom is 0.124 e. The monoisotopic (exact) mass is 312 g/mol. The predicted molar refractivity (Wildman–Crippen MR) is 80.6 cm³/mol. The first-order chi connectivity index (χ1) is 9.31. The Morgan fingerprint density at radius 2 is 1.84 bits per heavy atom. The highest BCUT2D eigenvalue weighted by Crippen LogP contribution is 2.32. The second-order valence-corrected chi connectivity index (χ2v) is 5.31. The summed E-state index contributed by atoms with van der Waals surface area (Å²) in [5, 5.41) is 3.44. The van der Waals surface area contributed by atoms with Gasteiger partial charge in [0, 0.05) is 10.7 Å². The number of hydrogen-bond acceptors (Lipinski definition) is 2. The molecule has 1 aromatic carbocycles. The van der Waals surface area contributed by atoms with Crippen molar-refractivity contribution in [1.82, 2.24) is 10.3 Å². The summed E-state index contributed by atoms with van der Waals surface area (Å²) in [7, 11) is 0. The first-order valence-corrected chi connectivity index (χ1v) is 6.90. The standard InChI is InChI=1S/C16H13BrN2/c17-14-8-6-13(7-9-14)16(10-2-4-12-19-16)15-5-1-3-11-18-15/h1-12,19H. The largest absolute Gasteiger partial charge is 0.373 e. The second kappa shape index (κ2) is 5.02. The minimum Gasteiger partial charge on any atom is -0.373 e.